The van der Waals surface area contributed by atoms with Crippen molar-refractivity contribution in [2.45, 2.75) is 45.8 Å². The van der Waals surface area contributed by atoms with Crippen LogP contribution in [0.1, 0.15) is 34.1 Å². The molecule has 0 fully saturated rings. The molecule has 1 unspecified atom stereocenters. The van der Waals surface area contributed by atoms with E-state index in [-0.39, 0.29) is 5.60 Å². The fourth-order valence-corrected chi connectivity index (χ4v) is 0.913. The lowest BCUT2D eigenvalue weighted by Crippen LogP contribution is -2.24. The Morgan fingerprint density at radius 2 is 1.79 bits per heavy atom. The fourth-order valence-electron chi connectivity index (χ4n) is 0.913. The second kappa shape index (κ2) is 7.21. The fraction of sp³-hybridized carbons (Fsp3) is 1.00. The van der Waals surface area contributed by atoms with E-state index in [9.17, 15) is 0 Å². The van der Waals surface area contributed by atoms with Gasteiger partial charge in [-0.2, -0.15) is 0 Å². The molecule has 0 aliphatic carbocycles. The van der Waals surface area contributed by atoms with Gasteiger partial charge in [0.2, 0.25) is 0 Å². The number of nitrogens with one attached hydrogen (secondary N) is 1. The summed E-state index contributed by atoms with van der Waals surface area (Å²) in [5.41, 5.74) is -0.0539. The van der Waals surface area contributed by atoms with Crippen molar-refractivity contribution in [1.29, 1.82) is 0 Å². The van der Waals surface area contributed by atoms with Crippen LogP contribution in [0, 0.1) is 0 Å². The van der Waals surface area contributed by atoms with Crippen molar-refractivity contribution in [3.63, 3.8) is 0 Å². The summed E-state index contributed by atoms with van der Waals surface area (Å²) in [5.74, 6) is 0. The molecule has 0 bridgehead atoms. The Morgan fingerprint density at radius 1 is 1.14 bits per heavy atom. The topological polar surface area (TPSA) is 30.5 Å². The number of ether oxygens (including phenoxy) is 2. The lowest BCUT2D eigenvalue weighted by molar-refractivity contribution is -0.0355. The smallest absolute Gasteiger partial charge is 0.0707 e. The maximum Gasteiger partial charge on any atom is 0.0707 e. The molecular formula is C11H25NO2. The minimum absolute atomic E-state index is 0.0539. The molecule has 1 atom stereocenters. The molecule has 3 nitrogen and oxygen atoms in total. The second-order valence-corrected chi connectivity index (χ2v) is 4.55. The van der Waals surface area contributed by atoms with Crippen molar-refractivity contribution < 1.29 is 9.47 Å². The van der Waals surface area contributed by atoms with Crippen LogP contribution >= 0.6 is 0 Å². The monoisotopic (exact) mass is 203 g/mol. The highest BCUT2D eigenvalue weighted by atomic mass is 16.5. The average Bonchev–Trinajstić information content (AvgIpc) is 2.08. The van der Waals surface area contributed by atoms with E-state index in [1.54, 1.807) is 0 Å². The zero-order chi connectivity index (χ0) is 11.0. The van der Waals surface area contributed by atoms with Crippen molar-refractivity contribution in [3.8, 4) is 0 Å². The van der Waals surface area contributed by atoms with Gasteiger partial charge in [0, 0.05) is 12.6 Å². The highest BCUT2D eigenvalue weighted by molar-refractivity contribution is 4.58. The summed E-state index contributed by atoms with van der Waals surface area (Å²) in [5, 5.41) is 3.17. The summed E-state index contributed by atoms with van der Waals surface area (Å²) in [6.45, 7) is 10.5. The predicted octanol–water partition coefficient (Wildman–Crippen LogP) is 1.82. The third-order valence-corrected chi connectivity index (χ3v) is 1.95. The Labute approximate surface area is 88.2 Å². The molecule has 0 radical (unpaired) electrons. The second-order valence-electron chi connectivity index (χ2n) is 4.55. The molecule has 0 aliphatic rings. The van der Waals surface area contributed by atoms with Crippen LogP contribution in [0.3, 0.4) is 0 Å². The summed E-state index contributed by atoms with van der Waals surface area (Å²) in [6.07, 6.45) is 1.05. The molecule has 0 aromatic carbocycles. The van der Waals surface area contributed by atoms with Crippen LogP contribution in [0.4, 0.5) is 0 Å². The van der Waals surface area contributed by atoms with Crippen molar-refractivity contribution >= 4 is 0 Å². The molecule has 0 aromatic heterocycles. The van der Waals surface area contributed by atoms with Gasteiger partial charge in [-0.15, -0.1) is 0 Å². The Kier molecular flexibility index (Phi) is 7.15. The average molecular weight is 203 g/mol. The summed E-state index contributed by atoms with van der Waals surface area (Å²) in [4.78, 5) is 0. The first-order chi connectivity index (χ1) is 6.45. The SMILES string of the molecule is CNC(C)CCOCCOC(C)(C)C. The molecule has 1 N–H and O–H groups in total. The first kappa shape index (κ1) is 13.9. The maximum absolute atomic E-state index is 5.52. The standard InChI is InChI=1S/C11H25NO2/c1-10(12-5)6-7-13-8-9-14-11(2,3)4/h10,12H,6-9H2,1-5H3. The van der Waals surface area contributed by atoms with Gasteiger partial charge >= 0.3 is 0 Å². The first-order valence-electron chi connectivity index (χ1n) is 5.34. The van der Waals surface area contributed by atoms with Gasteiger partial charge in [0.15, 0.2) is 0 Å². The third-order valence-electron chi connectivity index (χ3n) is 1.95. The minimum atomic E-state index is -0.0539. The number of hydrogen-bond donors (Lipinski definition) is 1. The van der Waals surface area contributed by atoms with Gasteiger partial charge < -0.3 is 14.8 Å². The number of rotatable bonds is 7. The molecule has 86 valence electrons. The van der Waals surface area contributed by atoms with Crippen molar-refractivity contribution in [1.82, 2.24) is 5.32 Å². The molecule has 0 saturated carbocycles. The summed E-state index contributed by atoms with van der Waals surface area (Å²) >= 11 is 0. The van der Waals surface area contributed by atoms with Crippen LogP contribution in [-0.2, 0) is 9.47 Å². The lowest BCUT2D eigenvalue weighted by Gasteiger charge is -2.19. The van der Waals surface area contributed by atoms with Gasteiger partial charge in [0.25, 0.3) is 0 Å². The Hall–Kier alpha value is -0.120. The quantitative estimate of drug-likeness (QED) is 0.640. The largest absolute Gasteiger partial charge is 0.379 e. The van der Waals surface area contributed by atoms with Gasteiger partial charge in [0.05, 0.1) is 18.8 Å². The minimum Gasteiger partial charge on any atom is -0.379 e. The number of hydrogen-bond acceptors (Lipinski definition) is 3. The summed E-state index contributed by atoms with van der Waals surface area (Å²) in [6, 6.07) is 0.526. The molecule has 3 heteroatoms. The van der Waals surface area contributed by atoms with Crippen molar-refractivity contribution in [3.05, 3.63) is 0 Å². The van der Waals surface area contributed by atoms with E-state index in [1.807, 2.05) is 7.05 Å². The van der Waals surface area contributed by atoms with Gasteiger partial charge in [-0.05, 0) is 41.2 Å². The van der Waals surface area contributed by atoms with E-state index in [1.165, 1.54) is 0 Å². The van der Waals surface area contributed by atoms with Crippen molar-refractivity contribution in [2.24, 2.45) is 0 Å². The summed E-state index contributed by atoms with van der Waals surface area (Å²) in [7, 11) is 1.97. The zero-order valence-corrected chi connectivity index (χ0v) is 10.2. The molecule has 0 heterocycles. The van der Waals surface area contributed by atoms with E-state index < -0.39 is 0 Å². The van der Waals surface area contributed by atoms with Gasteiger partial charge in [-0.25, -0.2) is 0 Å². The van der Waals surface area contributed by atoms with Gasteiger partial charge in [0.1, 0.15) is 0 Å². The Bertz CT molecular complexity index is 132. The van der Waals surface area contributed by atoms with Crippen LogP contribution in [-0.4, -0.2) is 38.5 Å². The van der Waals surface area contributed by atoms with Crippen LogP contribution in [0.15, 0.2) is 0 Å². The van der Waals surface area contributed by atoms with Crippen LogP contribution in [0.25, 0.3) is 0 Å². The molecular weight excluding hydrogens is 178 g/mol. The van der Waals surface area contributed by atoms with Crippen molar-refractivity contribution in [2.75, 3.05) is 26.9 Å². The molecule has 14 heavy (non-hydrogen) atoms. The highest BCUT2D eigenvalue weighted by Gasteiger charge is 2.08. The highest BCUT2D eigenvalue weighted by Crippen LogP contribution is 2.05. The third kappa shape index (κ3) is 9.96. The normalized spacial score (nSPS) is 14.4. The van der Waals surface area contributed by atoms with Crippen LogP contribution < -0.4 is 5.32 Å². The van der Waals surface area contributed by atoms with Gasteiger partial charge in [-0.1, -0.05) is 0 Å². The Balaban J connectivity index is 3.14. The van der Waals surface area contributed by atoms with E-state index in [0.717, 1.165) is 13.0 Å². The molecule has 0 saturated heterocycles. The van der Waals surface area contributed by atoms with Crippen LogP contribution in [0.5, 0.6) is 0 Å². The molecule has 0 rings (SSSR count). The molecule has 0 aromatic rings. The first-order valence-corrected chi connectivity index (χ1v) is 5.34. The maximum atomic E-state index is 5.52. The molecule has 0 aliphatic heterocycles. The van der Waals surface area contributed by atoms with Crippen LogP contribution in [0.2, 0.25) is 0 Å². The molecule has 0 amide bonds. The van der Waals surface area contributed by atoms with E-state index in [2.05, 4.69) is 33.0 Å². The summed E-state index contributed by atoms with van der Waals surface area (Å²) < 4.78 is 11.0. The van der Waals surface area contributed by atoms with E-state index in [4.69, 9.17) is 9.47 Å². The van der Waals surface area contributed by atoms with Gasteiger partial charge in [-0.3, -0.25) is 0 Å². The Morgan fingerprint density at radius 3 is 2.29 bits per heavy atom. The predicted molar refractivity (Wildman–Crippen MR) is 59.7 cm³/mol. The lowest BCUT2D eigenvalue weighted by atomic mass is 10.2. The zero-order valence-electron chi connectivity index (χ0n) is 10.2. The van der Waals surface area contributed by atoms with E-state index >= 15 is 0 Å². The van der Waals surface area contributed by atoms with E-state index in [0.29, 0.717) is 19.3 Å². The molecule has 0 spiro atoms.